The van der Waals surface area contributed by atoms with Crippen molar-refractivity contribution in [2.24, 2.45) is 0 Å². The van der Waals surface area contributed by atoms with Crippen molar-refractivity contribution >= 4 is 21.6 Å². The van der Waals surface area contributed by atoms with Crippen LogP contribution in [0.2, 0.25) is 0 Å². The molecule has 0 heterocycles. The minimum Gasteiger partial charge on any atom is -0.337 e. The van der Waals surface area contributed by atoms with Gasteiger partial charge in [-0.2, -0.15) is 0 Å². The van der Waals surface area contributed by atoms with Crippen LogP contribution in [0.15, 0.2) is 71.6 Å². The SMILES string of the molecule is Cc1ccccc1NS(=O)(=O)c1ccc(C)c(C(=O)N(C)Cc2ccc(F)cc2)c1. The molecule has 1 N–H and O–H groups in total. The first-order valence-electron chi connectivity index (χ1n) is 9.36. The molecule has 0 spiro atoms. The van der Waals surface area contributed by atoms with Crippen LogP contribution in [0.25, 0.3) is 0 Å². The molecule has 0 saturated carbocycles. The maximum absolute atomic E-state index is 13.1. The third-order valence-corrected chi connectivity index (χ3v) is 6.18. The van der Waals surface area contributed by atoms with Crippen molar-refractivity contribution in [3.8, 4) is 0 Å². The first kappa shape index (κ1) is 21.5. The molecule has 0 aliphatic heterocycles. The normalized spacial score (nSPS) is 11.2. The number of para-hydroxylation sites is 1. The van der Waals surface area contributed by atoms with E-state index in [0.29, 0.717) is 16.8 Å². The lowest BCUT2D eigenvalue weighted by Gasteiger charge is -2.19. The van der Waals surface area contributed by atoms with Crippen LogP contribution in [0.3, 0.4) is 0 Å². The van der Waals surface area contributed by atoms with Gasteiger partial charge in [-0.15, -0.1) is 0 Å². The molecule has 3 aromatic carbocycles. The van der Waals surface area contributed by atoms with Gasteiger partial charge in [0.1, 0.15) is 5.82 Å². The Morgan fingerprint density at radius 2 is 1.63 bits per heavy atom. The third kappa shape index (κ3) is 4.86. The van der Waals surface area contributed by atoms with Crippen molar-refractivity contribution in [2.75, 3.05) is 11.8 Å². The van der Waals surface area contributed by atoms with Crippen LogP contribution in [-0.4, -0.2) is 26.3 Å². The summed E-state index contributed by atoms with van der Waals surface area (Å²) in [6.45, 7) is 3.84. The van der Waals surface area contributed by atoms with Crippen molar-refractivity contribution in [3.05, 3.63) is 94.8 Å². The summed E-state index contributed by atoms with van der Waals surface area (Å²) in [5.41, 5.74) is 3.02. The molecule has 30 heavy (non-hydrogen) atoms. The van der Waals surface area contributed by atoms with Gasteiger partial charge in [-0.25, -0.2) is 12.8 Å². The summed E-state index contributed by atoms with van der Waals surface area (Å²) in [5.74, 6) is -0.660. The van der Waals surface area contributed by atoms with E-state index in [4.69, 9.17) is 0 Å². The Morgan fingerprint density at radius 1 is 0.967 bits per heavy atom. The van der Waals surface area contributed by atoms with Gasteiger partial charge in [-0.1, -0.05) is 36.4 Å². The zero-order valence-corrected chi connectivity index (χ0v) is 17.8. The highest BCUT2D eigenvalue weighted by molar-refractivity contribution is 7.92. The zero-order chi connectivity index (χ0) is 21.9. The number of aryl methyl sites for hydroxylation is 2. The molecule has 0 bridgehead atoms. The van der Waals surface area contributed by atoms with E-state index >= 15 is 0 Å². The van der Waals surface area contributed by atoms with Gasteiger partial charge in [0.2, 0.25) is 0 Å². The summed E-state index contributed by atoms with van der Waals surface area (Å²) in [6.07, 6.45) is 0. The van der Waals surface area contributed by atoms with E-state index in [1.165, 1.54) is 29.2 Å². The molecule has 3 aromatic rings. The second kappa shape index (κ2) is 8.67. The van der Waals surface area contributed by atoms with Crippen LogP contribution in [0.4, 0.5) is 10.1 Å². The van der Waals surface area contributed by atoms with Crippen molar-refractivity contribution in [3.63, 3.8) is 0 Å². The van der Waals surface area contributed by atoms with Crippen LogP contribution in [-0.2, 0) is 16.6 Å². The number of sulfonamides is 1. The summed E-state index contributed by atoms with van der Waals surface area (Å²) >= 11 is 0. The molecule has 0 aromatic heterocycles. The van der Waals surface area contributed by atoms with E-state index in [1.54, 1.807) is 44.3 Å². The topological polar surface area (TPSA) is 66.5 Å². The Bertz CT molecular complexity index is 1180. The molecule has 0 atom stereocenters. The van der Waals surface area contributed by atoms with E-state index in [9.17, 15) is 17.6 Å². The minimum absolute atomic E-state index is 0.00915. The Kier molecular flexibility index (Phi) is 6.22. The minimum atomic E-state index is -3.86. The highest BCUT2D eigenvalue weighted by Crippen LogP contribution is 2.22. The summed E-state index contributed by atoms with van der Waals surface area (Å²) in [7, 11) is -2.24. The van der Waals surface area contributed by atoms with Gasteiger partial charge in [-0.3, -0.25) is 9.52 Å². The van der Waals surface area contributed by atoms with Gasteiger partial charge in [0.25, 0.3) is 15.9 Å². The molecule has 1 amide bonds. The number of nitrogens with zero attached hydrogens (tertiary/aromatic N) is 1. The second-order valence-electron chi connectivity index (χ2n) is 7.18. The second-order valence-corrected chi connectivity index (χ2v) is 8.87. The van der Waals surface area contributed by atoms with Crippen molar-refractivity contribution in [2.45, 2.75) is 25.3 Å². The number of hydrogen-bond donors (Lipinski definition) is 1. The third-order valence-electron chi connectivity index (χ3n) is 4.82. The predicted molar refractivity (Wildman–Crippen MR) is 115 cm³/mol. The van der Waals surface area contributed by atoms with Gasteiger partial charge in [0.15, 0.2) is 0 Å². The maximum atomic E-state index is 13.1. The standard InChI is InChI=1S/C23H23FN2O3S/c1-16-8-13-20(30(28,29)25-22-7-5-4-6-17(22)2)14-21(16)23(27)26(3)15-18-9-11-19(24)12-10-18/h4-14,25H,15H2,1-3H3. The Labute approximate surface area is 176 Å². The average molecular weight is 427 g/mol. The maximum Gasteiger partial charge on any atom is 0.261 e. The molecule has 5 nitrogen and oxygen atoms in total. The van der Waals surface area contributed by atoms with Gasteiger partial charge >= 0.3 is 0 Å². The monoisotopic (exact) mass is 426 g/mol. The molecule has 0 aliphatic carbocycles. The van der Waals surface area contributed by atoms with E-state index in [0.717, 1.165) is 11.1 Å². The number of hydrogen-bond acceptors (Lipinski definition) is 3. The zero-order valence-electron chi connectivity index (χ0n) is 17.0. The number of rotatable bonds is 6. The largest absolute Gasteiger partial charge is 0.337 e. The van der Waals surface area contributed by atoms with Crippen molar-refractivity contribution < 1.29 is 17.6 Å². The van der Waals surface area contributed by atoms with E-state index in [1.807, 2.05) is 19.1 Å². The van der Waals surface area contributed by atoms with Crippen molar-refractivity contribution in [1.82, 2.24) is 4.90 Å². The Balaban J connectivity index is 1.86. The van der Waals surface area contributed by atoms with Gasteiger partial charge in [-0.05, 0) is 60.9 Å². The number of anilines is 1. The Hall–Kier alpha value is -3.19. The number of halogens is 1. The van der Waals surface area contributed by atoms with Gasteiger partial charge in [0, 0.05) is 19.2 Å². The molecular formula is C23H23FN2O3S. The molecule has 3 rings (SSSR count). The van der Waals surface area contributed by atoms with E-state index in [2.05, 4.69) is 4.72 Å². The smallest absolute Gasteiger partial charge is 0.261 e. The predicted octanol–water partition coefficient (Wildman–Crippen LogP) is 4.52. The highest BCUT2D eigenvalue weighted by Gasteiger charge is 2.21. The van der Waals surface area contributed by atoms with E-state index in [-0.39, 0.29) is 23.2 Å². The molecule has 0 saturated heterocycles. The quantitative estimate of drug-likeness (QED) is 0.630. The fraction of sp³-hybridized carbons (Fsp3) is 0.174. The lowest BCUT2D eigenvalue weighted by Crippen LogP contribution is -2.27. The number of amides is 1. The molecule has 0 unspecified atom stereocenters. The molecule has 0 radical (unpaired) electrons. The summed E-state index contributed by atoms with van der Waals surface area (Å²) in [6, 6.07) is 17.4. The van der Waals surface area contributed by atoms with Crippen molar-refractivity contribution in [1.29, 1.82) is 0 Å². The number of benzene rings is 3. The fourth-order valence-corrected chi connectivity index (χ4v) is 4.19. The van der Waals surface area contributed by atoms with Crippen LogP contribution in [0, 0.1) is 19.7 Å². The number of carbonyl (C=O) groups excluding carboxylic acids is 1. The Morgan fingerprint density at radius 3 is 2.30 bits per heavy atom. The molecular weight excluding hydrogens is 403 g/mol. The van der Waals surface area contributed by atoms with E-state index < -0.39 is 10.0 Å². The van der Waals surface area contributed by atoms with Crippen LogP contribution in [0.5, 0.6) is 0 Å². The summed E-state index contributed by atoms with van der Waals surface area (Å²) < 4.78 is 41.4. The lowest BCUT2D eigenvalue weighted by atomic mass is 10.1. The molecule has 156 valence electrons. The average Bonchev–Trinajstić information content (AvgIpc) is 2.71. The molecule has 0 aliphatic rings. The van der Waals surface area contributed by atoms with Gasteiger partial charge in [0.05, 0.1) is 10.6 Å². The summed E-state index contributed by atoms with van der Waals surface area (Å²) in [5, 5.41) is 0. The summed E-state index contributed by atoms with van der Waals surface area (Å²) in [4.78, 5) is 14.4. The molecule has 0 fully saturated rings. The molecule has 7 heteroatoms. The van der Waals surface area contributed by atoms with Crippen LogP contribution < -0.4 is 4.72 Å². The first-order chi connectivity index (χ1) is 14.2. The fourth-order valence-electron chi connectivity index (χ4n) is 3.03. The highest BCUT2D eigenvalue weighted by atomic mass is 32.2. The number of carbonyl (C=O) groups is 1. The van der Waals surface area contributed by atoms with Crippen LogP contribution in [0.1, 0.15) is 27.0 Å². The van der Waals surface area contributed by atoms with Crippen LogP contribution >= 0.6 is 0 Å². The lowest BCUT2D eigenvalue weighted by molar-refractivity contribution is 0.0784. The first-order valence-corrected chi connectivity index (χ1v) is 10.8. The van der Waals surface area contributed by atoms with Gasteiger partial charge < -0.3 is 4.90 Å². The number of nitrogens with one attached hydrogen (secondary N) is 1.